The van der Waals surface area contributed by atoms with Crippen molar-refractivity contribution < 1.29 is 9.15 Å². The molecule has 0 amide bonds. The molecule has 0 aliphatic rings. The van der Waals surface area contributed by atoms with Gasteiger partial charge in [-0.2, -0.15) is 0 Å². The van der Waals surface area contributed by atoms with Gasteiger partial charge in [0.2, 0.25) is 0 Å². The first-order valence-electron chi connectivity index (χ1n) is 8.61. The number of fused-ring (bicyclic) bond motifs is 1. The lowest BCUT2D eigenvalue weighted by molar-refractivity contribution is 0.415. The molecule has 0 unspecified atom stereocenters. The summed E-state index contributed by atoms with van der Waals surface area (Å²) in [5, 5.41) is 2.52. The van der Waals surface area contributed by atoms with Crippen molar-refractivity contribution in [3.8, 4) is 17.1 Å². The largest absolute Gasteiger partial charge is 0.497 e. The lowest BCUT2D eigenvalue weighted by Gasteiger charge is -2.07. The van der Waals surface area contributed by atoms with Crippen molar-refractivity contribution in [1.82, 2.24) is 0 Å². The molecule has 0 atom stereocenters. The van der Waals surface area contributed by atoms with Crippen LogP contribution in [0.5, 0.6) is 5.75 Å². The molecule has 0 N–H and O–H groups in total. The average Bonchev–Trinajstić information content (AvgIpc) is 2.70. The third-order valence-electron chi connectivity index (χ3n) is 4.35. The van der Waals surface area contributed by atoms with E-state index in [1.54, 1.807) is 7.11 Å². The standard InChI is InChI=1S/C23H18ClNO2/c1-15-3-12-22-20(13-15)21(25-18-8-6-17(24)7-9-18)14-23(27-22)16-4-10-19(26-2)11-5-16/h3-14H,1-2H3. The Hall–Kier alpha value is -3.04. The van der Waals surface area contributed by atoms with Gasteiger partial charge in [0.1, 0.15) is 17.1 Å². The number of nitrogens with zero attached hydrogens (tertiary/aromatic N) is 1. The van der Waals surface area contributed by atoms with E-state index in [1.807, 2.05) is 66.7 Å². The number of ether oxygens (including phenoxy) is 1. The predicted molar refractivity (Wildman–Crippen MR) is 110 cm³/mol. The van der Waals surface area contributed by atoms with Crippen LogP contribution in [0.2, 0.25) is 5.02 Å². The first-order valence-corrected chi connectivity index (χ1v) is 8.99. The summed E-state index contributed by atoms with van der Waals surface area (Å²) >= 11 is 5.99. The Balaban J connectivity index is 1.94. The molecule has 0 radical (unpaired) electrons. The van der Waals surface area contributed by atoms with Crippen LogP contribution < -0.4 is 10.1 Å². The zero-order valence-corrected chi connectivity index (χ0v) is 15.8. The Morgan fingerprint density at radius 2 is 1.63 bits per heavy atom. The van der Waals surface area contributed by atoms with Gasteiger partial charge in [0.25, 0.3) is 0 Å². The molecular weight excluding hydrogens is 358 g/mol. The Morgan fingerprint density at radius 3 is 2.33 bits per heavy atom. The van der Waals surface area contributed by atoms with E-state index < -0.39 is 0 Å². The molecule has 0 saturated heterocycles. The monoisotopic (exact) mass is 375 g/mol. The van der Waals surface area contributed by atoms with Crippen molar-refractivity contribution in [2.45, 2.75) is 6.92 Å². The van der Waals surface area contributed by atoms with Gasteiger partial charge in [-0.15, -0.1) is 0 Å². The zero-order valence-electron chi connectivity index (χ0n) is 15.1. The van der Waals surface area contributed by atoms with Crippen molar-refractivity contribution in [3.05, 3.63) is 88.7 Å². The molecule has 1 heterocycles. The van der Waals surface area contributed by atoms with Crippen molar-refractivity contribution >= 4 is 28.3 Å². The lowest BCUT2D eigenvalue weighted by Crippen LogP contribution is -2.03. The van der Waals surface area contributed by atoms with E-state index >= 15 is 0 Å². The fraction of sp³-hybridized carbons (Fsp3) is 0.0870. The summed E-state index contributed by atoms with van der Waals surface area (Å²) < 4.78 is 11.4. The fourth-order valence-corrected chi connectivity index (χ4v) is 3.05. The summed E-state index contributed by atoms with van der Waals surface area (Å²) in [5.74, 6) is 1.56. The van der Waals surface area contributed by atoms with Gasteiger partial charge < -0.3 is 9.15 Å². The van der Waals surface area contributed by atoms with Crippen LogP contribution >= 0.6 is 11.6 Å². The molecule has 1 aromatic heterocycles. The average molecular weight is 376 g/mol. The molecule has 4 rings (SSSR count). The molecule has 4 aromatic rings. The van der Waals surface area contributed by atoms with Gasteiger partial charge >= 0.3 is 0 Å². The number of rotatable bonds is 3. The van der Waals surface area contributed by atoms with Crippen LogP contribution in [0, 0.1) is 6.92 Å². The number of benzene rings is 3. The summed E-state index contributed by atoms with van der Waals surface area (Å²) in [6, 6.07) is 23.4. The first kappa shape index (κ1) is 17.4. The van der Waals surface area contributed by atoms with Crippen molar-refractivity contribution in [3.63, 3.8) is 0 Å². The molecule has 0 saturated carbocycles. The molecule has 0 fully saturated rings. The van der Waals surface area contributed by atoms with E-state index in [2.05, 4.69) is 13.0 Å². The second-order valence-electron chi connectivity index (χ2n) is 6.31. The topological polar surface area (TPSA) is 34.7 Å². The molecule has 4 heteroatoms. The van der Waals surface area contributed by atoms with E-state index in [1.165, 1.54) is 0 Å². The maximum Gasteiger partial charge on any atom is 0.136 e. The number of halogens is 1. The minimum atomic E-state index is 0.691. The maximum atomic E-state index is 6.15. The van der Waals surface area contributed by atoms with Gasteiger partial charge in [-0.05, 0) is 67.6 Å². The van der Waals surface area contributed by atoms with E-state index in [9.17, 15) is 0 Å². The molecule has 0 aliphatic carbocycles. The highest BCUT2D eigenvalue weighted by atomic mass is 35.5. The maximum absolute atomic E-state index is 6.15. The normalized spacial score (nSPS) is 11.7. The molecule has 27 heavy (non-hydrogen) atoms. The van der Waals surface area contributed by atoms with Crippen LogP contribution in [-0.2, 0) is 0 Å². The summed E-state index contributed by atoms with van der Waals surface area (Å²) in [6.45, 7) is 2.06. The Labute approximate surface area is 162 Å². The number of hydrogen-bond acceptors (Lipinski definition) is 3. The molecule has 134 valence electrons. The van der Waals surface area contributed by atoms with E-state index in [0.717, 1.165) is 44.7 Å². The quantitative estimate of drug-likeness (QED) is 0.421. The SMILES string of the molecule is COc1ccc(-c2cc(=Nc3ccc(Cl)cc3)c3cc(C)ccc3o2)cc1. The lowest BCUT2D eigenvalue weighted by atomic mass is 10.1. The fourth-order valence-electron chi connectivity index (χ4n) is 2.93. The highest BCUT2D eigenvalue weighted by Crippen LogP contribution is 2.25. The van der Waals surface area contributed by atoms with Crippen molar-refractivity contribution in [2.75, 3.05) is 7.11 Å². The molecule has 0 bridgehead atoms. The van der Waals surface area contributed by atoms with Crippen LogP contribution in [0.15, 0.2) is 82.2 Å². The Kier molecular flexibility index (Phi) is 4.69. The van der Waals surface area contributed by atoms with Gasteiger partial charge in [-0.1, -0.05) is 23.2 Å². The molecule has 0 spiro atoms. The van der Waals surface area contributed by atoms with E-state index in [0.29, 0.717) is 5.02 Å². The highest BCUT2D eigenvalue weighted by Gasteiger charge is 2.07. The van der Waals surface area contributed by atoms with Gasteiger partial charge in [-0.25, -0.2) is 4.99 Å². The third-order valence-corrected chi connectivity index (χ3v) is 4.60. The minimum Gasteiger partial charge on any atom is -0.497 e. The van der Waals surface area contributed by atoms with E-state index in [-0.39, 0.29) is 0 Å². The molecule has 3 aromatic carbocycles. The minimum absolute atomic E-state index is 0.691. The van der Waals surface area contributed by atoms with Crippen molar-refractivity contribution in [2.24, 2.45) is 4.99 Å². The first-order chi connectivity index (χ1) is 13.1. The van der Waals surface area contributed by atoms with Crippen LogP contribution in [0.25, 0.3) is 22.3 Å². The van der Waals surface area contributed by atoms with Gasteiger partial charge in [0, 0.05) is 22.0 Å². The van der Waals surface area contributed by atoms with Crippen LogP contribution in [-0.4, -0.2) is 7.11 Å². The highest BCUT2D eigenvalue weighted by molar-refractivity contribution is 6.30. The van der Waals surface area contributed by atoms with E-state index in [4.69, 9.17) is 25.7 Å². The summed E-state index contributed by atoms with van der Waals surface area (Å²) in [4.78, 5) is 4.83. The molecule has 3 nitrogen and oxygen atoms in total. The predicted octanol–water partition coefficient (Wildman–Crippen LogP) is 6.30. The summed E-state index contributed by atoms with van der Waals surface area (Å²) in [5.41, 5.74) is 3.75. The van der Waals surface area contributed by atoms with Gasteiger partial charge in [0.15, 0.2) is 0 Å². The Morgan fingerprint density at radius 1 is 0.889 bits per heavy atom. The second kappa shape index (κ2) is 7.29. The number of methoxy groups -OCH3 is 1. The van der Waals surface area contributed by atoms with Crippen LogP contribution in [0.4, 0.5) is 5.69 Å². The number of hydrogen-bond donors (Lipinski definition) is 0. The molecule has 0 aliphatic heterocycles. The Bertz CT molecular complexity index is 1160. The van der Waals surface area contributed by atoms with Crippen LogP contribution in [0.1, 0.15) is 5.56 Å². The van der Waals surface area contributed by atoms with Crippen LogP contribution in [0.3, 0.4) is 0 Å². The summed E-state index contributed by atoms with van der Waals surface area (Å²) in [6.07, 6.45) is 0. The number of aryl methyl sites for hydroxylation is 1. The third kappa shape index (κ3) is 3.74. The zero-order chi connectivity index (χ0) is 18.8. The van der Waals surface area contributed by atoms with Gasteiger partial charge in [0.05, 0.1) is 18.2 Å². The summed E-state index contributed by atoms with van der Waals surface area (Å²) in [7, 11) is 1.65. The smallest absolute Gasteiger partial charge is 0.136 e. The second-order valence-corrected chi connectivity index (χ2v) is 6.75. The molecular formula is C23H18ClNO2. The van der Waals surface area contributed by atoms with Crippen molar-refractivity contribution in [1.29, 1.82) is 0 Å². The van der Waals surface area contributed by atoms with Gasteiger partial charge in [-0.3, -0.25) is 0 Å².